The zero-order valence-corrected chi connectivity index (χ0v) is 26.1. The van der Waals surface area contributed by atoms with Crippen LogP contribution in [0.4, 0.5) is 9.59 Å². The van der Waals surface area contributed by atoms with Gasteiger partial charge in [-0.3, -0.25) is 4.79 Å². The molecule has 0 aromatic heterocycles. The Hall–Kier alpha value is -3.87. The summed E-state index contributed by atoms with van der Waals surface area (Å²) in [6, 6.07) is 6.38. The number of carbonyl (C=O) groups excluding carboxylic acids is 5. The van der Waals surface area contributed by atoms with E-state index in [9.17, 15) is 24.0 Å². The molecular weight excluding hydrogens is 562 g/mol. The maximum absolute atomic E-state index is 13.5. The van der Waals surface area contributed by atoms with Gasteiger partial charge in [0.1, 0.15) is 24.3 Å². The van der Waals surface area contributed by atoms with Crippen LogP contribution in [-0.2, 0) is 44.7 Å². The predicted octanol–water partition coefficient (Wildman–Crippen LogP) is 3.34. The number of alkyl carbamates (subject to hydrolysis) is 1. The van der Waals surface area contributed by atoms with Crippen LogP contribution in [0.5, 0.6) is 0 Å². The van der Waals surface area contributed by atoms with Gasteiger partial charge in [-0.1, -0.05) is 30.3 Å². The highest BCUT2D eigenvalue weighted by molar-refractivity contribution is 5.87. The standard InChI is InChI=1S/C30H47N3O10/c1-7-41-20-19-33(28(37)32-23(26(35)40-6)16-17-25(34)39-5)24(27(36)43-30(2,3)4)15-11-12-18-31-29(38)42-21-22-13-9-8-10-14-22/h8-10,13-14,23-24H,7,11-12,15-21H2,1-6H3,(H,31,38)(H,32,37)/t23-,24-/m0/s1. The summed E-state index contributed by atoms with van der Waals surface area (Å²) in [7, 11) is 2.39. The number of methoxy groups -OCH3 is 2. The number of hydrogen-bond acceptors (Lipinski definition) is 10. The SMILES string of the molecule is CCOCCN(C(=O)N[C@@H](CCC(=O)OC)C(=O)OC)[C@@H](CCCCNC(=O)OCc1ccccc1)C(=O)OC(C)(C)C. The molecule has 3 amide bonds. The van der Waals surface area contributed by atoms with Crippen molar-refractivity contribution in [2.75, 3.05) is 40.5 Å². The summed E-state index contributed by atoms with van der Waals surface area (Å²) >= 11 is 0. The molecule has 0 radical (unpaired) electrons. The van der Waals surface area contributed by atoms with Crippen molar-refractivity contribution in [1.82, 2.24) is 15.5 Å². The van der Waals surface area contributed by atoms with Gasteiger partial charge in [0.25, 0.3) is 0 Å². The Balaban J connectivity index is 2.95. The molecule has 13 heteroatoms. The van der Waals surface area contributed by atoms with Crippen molar-refractivity contribution in [2.24, 2.45) is 0 Å². The molecular formula is C30H47N3O10. The highest BCUT2D eigenvalue weighted by Gasteiger charge is 2.35. The van der Waals surface area contributed by atoms with E-state index in [1.165, 1.54) is 19.1 Å². The third kappa shape index (κ3) is 15.8. The van der Waals surface area contributed by atoms with Crippen molar-refractivity contribution in [3.8, 4) is 0 Å². The van der Waals surface area contributed by atoms with E-state index in [1.807, 2.05) is 30.3 Å². The van der Waals surface area contributed by atoms with Crippen LogP contribution in [0.25, 0.3) is 0 Å². The average molecular weight is 610 g/mol. The maximum atomic E-state index is 13.5. The van der Waals surface area contributed by atoms with E-state index >= 15 is 0 Å². The van der Waals surface area contributed by atoms with Crippen LogP contribution in [-0.4, -0.2) is 93.1 Å². The Bertz CT molecular complexity index is 1010. The summed E-state index contributed by atoms with van der Waals surface area (Å²) in [5.74, 6) is -1.93. The zero-order chi connectivity index (χ0) is 32.3. The summed E-state index contributed by atoms with van der Waals surface area (Å²) in [5, 5.41) is 5.27. The van der Waals surface area contributed by atoms with Gasteiger partial charge in [-0.05, 0) is 58.9 Å². The third-order valence-electron chi connectivity index (χ3n) is 6.03. The summed E-state index contributed by atoms with van der Waals surface area (Å²) in [4.78, 5) is 64.2. The first-order chi connectivity index (χ1) is 20.4. The molecule has 0 unspecified atom stereocenters. The minimum Gasteiger partial charge on any atom is -0.469 e. The lowest BCUT2D eigenvalue weighted by molar-refractivity contribution is -0.161. The highest BCUT2D eigenvalue weighted by Crippen LogP contribution is 2.17. The number of unbranched alkanes of at least 4 members (excludes halogenated alkanes) is 1. The Morgan fingerprint density at radius 2 is 1.63 bits per heavy atom. The number of ether oxygens (including phenoxy) is 5. The van der Waals surface area contributed by atoms with Crippen LogP contribution in [0.3, 0.4) is 0 Å². The highest BCUT2D eigenvalue weighted by atomic mass is 16.6. The first-order valence-corrected chi connectivity index (χ1v) is 14.4. The zero-order valence-electron chi connectivity index (χ0n) is 26.1. The number of amides is 3. The summed E-state index contributed by atoms with van der Waals surface area (Å²) in [6.45, 7) is 7.94. The molecule has 2 atom stereocenters. The molecule has 0 spiro atoms. The molecule has 0 saturated carbocycles. The van der Waals surface area contributed by atoms with Gasteiger partial charge in [-0.25, -0.2) is 19.2 Å². The van der Waals surface area contributed by atoms with Gasteiger partial charge in [-0.2, -0.15) is 0 Å². The first kappa shape index (κ1) is 37.2. The van der Waals surface area contributed by atoms with Crippen LogP contribution in [0.15, 0.2) is 30.3 Å². The second-order valence-electron chi connectivity index (χ2n) is 10.6. The van der Waals surface area contributed by atoms with Gasteiger partial charge in [0.2, 0.25) is 0 Å². The molecule has 43 heavy (non-hydrogen) atoms. The number of hydrogen-bond donors (Lipinski definition) is 2. The second-order valence-corrected chi connectivity index (χ2v) is 10.6. The molecule has 1 aromatic rings. The van der Waals surface area contributed by atoms with E-state index in [2.05, 4.69) is 15.4 Å². The van der Waals surface area contributed by atoms with Gasteiger partial charge in [0, 0.05) is 26.1 Å². The molecule has 0 aliphatic heterocycles. The summed E-state index contributed by atoms with van der Waals surface area (Å²) < 4.78 is 25.7. The molecule has 13 nitrogen and oxygen atoms in total. The first-order valence-electron chi connectivity index (χ1n) is 14.4. The summed E-state index contributed by atoms with van der Waals surface area (Å²) in [6.07, 6.45) is 0.389. The van der Waals surface area contributed by atoms with Crippen molar-refractivity contribution in [3.05, 3.63) is 35.9 Å². The van der Waals surface area contributed by atoms with Crippen molar-refractivity contribution < 1.29 is 47.7 Å². The quantitative estimate of drug-likeness (QED) is 0.144. The molecule has 0 heterocycles. The molecule has 1 rings (SSSR count). The number of nitrogens with zero attached hydrogens (tertiary/aromatic N) is 1. The Morgan fingerprint density at radius 3 is 2.23 bits per heavy atom. The number of benzene rings is 1. The minimum atomic E-state index is -1.16. The number of nitrogens with one attached hydrogen (secondary N) is 2. The molecule has 0 bridgehead atoms. The fraction of sp³-hybridized carbons (Fsp3) is 0.633. The van der Waals surface area contributed by atoms with Crippen LogP contribution in [0.2, 0.25) is 0 Å². The number of esters is 3. The molecule has 2 N–H and O–H groups in total. The van der Waals surface area contributed by atoms with E-state index < -0.39 is 47.7 Å². The molecule has 1 aromatic carbocycles. The third-order valence-corrected chi connectivity index (χ3v) is 6.03. The minimum absolute atomic E-state index is 0.0263. The Kier molecular flexibility index (Phi) is 17.4. The average Bonchev–Trinajstić information content (AvgIpc) is 2.97. The molecule has 0 aliphatic carbocycles. The van der Waals surface area contributed by atoms with Crippen molar-refractivity contribution in [2.45, 2.75) is 84.1 Å². The van der Waals surface area contributed by atoms with Crippen LogP contribution in [0.1, 0.15) is 65.4 Å². The van der Waals surface area contributed by atoms with E-state index in [-0.39, 0.29) is 45.6 Å². The second kappa shape index (κ2) is 20.1. The van der Waals surface area contributed by atoms with Crippen molar-refractivity contribution in [1.29, 1.82) is 0 Å². The molecule has 0 aliphatic rings. The maximum Gasteiger partial charge on any atom is 0.407 e. The predicted molar refractivity (Wildman–Crippen MR) is 157 cm³/mol. The van der Waals surface area contributed by atoms with Crippen LogP contribution in [0, 0.1) is 0 Å². The van der Waals surface area contributed by atoms with Crippen LogP contribution >= 0.6 is 0 Å². The lowest BCUT2D eigenvalue weighted by Crippen LogP contribution is -2.55. The van der Waals surface area contributed by atoms with Gasteiger partial charge in [0.15, 0.2) is 0 Å². The van der Waals surface area contributed by atoms with Crippen molar-refractivity contribution in [3.63, 3.8) is 0 Å². The van der Waals surface area contributed by atoms with E-state index in [1.54, 1.807) is 27.7 Å². The van der Waals surface area contributed by atoms with Gasteiger partial charge in [-0.15, -0.1) is 0 Å². The number of rotatable bonds is 18. The lowest BCUT2D eigenvalue weighted by Gasteiger charge is -2.33. The Morgan fingerprint density at radius 1 is 0.930 bits per heavy atom. The van der Waals surface area contributed by atoms with E-state index in [0.717, 1.165) is 5.56 Å². The van der Waals surface area contributed by atoms with Gasteiger partial charge < -0.3 is 39.2 Å². The topological polar surface area (TPSA) is 159 Å². The fourth-order valence-electron chi connectivity index (χ4n) is 3.89. The molecule has 0 fully saturated rings. The van der Waals surface area contributed by atoms with Gasteiger partial charge in [0.05, 0.1) is 20.8 Å². The van der Waals surface area contributed by atoms with E-state index in [0.29, 0.717) is 19.4 Å². The van der Waals surface area contributed by atoms with Crippen molar-refractivity contribution >= 4 is 30.0 Å². The largest absolute Gasteiger partial charge is 0.469 e. The summed E-state index contributed by atoms with van der Waals surface area (Å²) in [5.41, 5.74) is 0.0410. The number of urea groups is 1. The number of carbonyl (C=O) groups is 5. The normalized spacial score (nSPS) is 12.3. The smallest absolute Gasteiger partial charge is 0.407 e. The molecule has 0 saturated heterocycles. The monoisotopic (exact) mass is 609 g/mol. The van der Waals surface area contributed by atoms with Crippen LogP contribution < -0.4 is 10.6 Å². The lowest BCUT2D eigenvalue weighted by atomic mass is 10.1. The van der Waals surface area contributed by atoms with E-state index in [4.69, 9.17) is 18.9 Å². The molecule has 242 valence electrons. The van der Waals surface area contributed by atoms with Gasteiger partial charge >= 0.3 is 30.0 Å². The fourth-order valence-corrected chi connectivity index (χ4v) is 3.89. The Labute approximate surface area is 253 Å².